The van der Waals surface area contributed by atoms with Crippen molar-refractivity contribution in [3.8, 4) is 0 Å². The summed E-state index contributed by atoms with van der Waals surface area (Å²) < 4.78 is 37.5. The molecule has 1 unspecified atom stereocenters. The van der Waals surface area contributed by atoms with Crippen LogP contribution in [0.2, 0.25) is 0 Å². The van der Waals surface area contributed by atoms with Gasteiger partial charge in [-0.3, -0.25) is 9.59 Å². The number of hydrogen-bond acceptors (Lipinski definition) is 3. The van der Waals surface area contributed by atoms with Crippen LogP contribution < -0.4 is 5.32 Å². The van der Waals surface area contributed by atoms with Gasteiger partial charge in [0.15, 0.2) is 0 Å². The molecule has 2 heterocycles. The number of aromatic nitrogens is 1. The monoisotopic (exact) mass is 301 g/mol. The average Bonchev–Trinajstić information content (AvgIpc) is 2.88. The maximum Gasteiger partial charge on any atom is 0.471 e. The van der Waals surface area contributed by atoms with Crippen LogP contribution in [0.5, 0.6) is 0 Å². The molecule has 1 aliphatic heterocycles. The smallest absolute Gasteiger partial charge is 0.323 e. The summed E-state index contributed by atoms with van der Waals surface area (Å²) in [4.78, 5) is 27.9. The van der Waals surface area contributed by atoms with Gasteiger partial charge in [0.1, 0.15) is 11.9 Å². The zero-order valence-corrected chi connectivity index (χ0v) is 11.3. The molecule has 1 fully saturated rings. The molecule has 0 spiro atoms. The number of aryl methyl sites for hydroxylation is 1. The molecule has 2 rings (SSSR count). The molecule has 5 nitrogen and oxygen atoms in total. The number of halogens is 3. The fourth-order valence-corrected chi connectivity index (χ4v) is 2.26. The van der Waals surface area contributed by atoms with Crippen LogP contribution >= 0.6 is 0 Å². The minimum Gasteiger partial charge on any atom is -0.323 e. The summed E-state index contributed by atoms with van der Waals surface area (Å²) in [6.07, 6.45) is -2.93. The van der Waals surface area contributed by atoms with Gasteiger partial charge in [-0.05, 0) is 31.4 Å². The van der Waals surface area contributed by atoms with Crippen LogP contribution in [0, 0.1) is 6.92 Å². The number of nitrogens with one attached hydrogen (secondary N) is 1. The van der Waals surface area contributed by atoms with Crippen LogP contribution in [0.15, 0.2) is 18.3 Å². The van der Waals surface area contributed by atoms with Crippen molar-refractivity contribution in [2.24, 2.45) is 0 Å². The van der Waals surface area contributed by atoms with Gasteiger partial charge in [0.05, 0.1) is 0 Å². The first kappa shape index (κ1) is 15.3. The van der Waals surface area contributed by atoms with Crippen LogP contribution in [0.25, 0.3) is 0 Å². The van der Waals surface area contributed by atoms with E-state index >= 15 is 0 Å². The molecule has 114 valence electrons. The number of carbonyl (C=O) groups excluding carboxylic acids is 2. The standard InChI is InChI=1S/C13H14F3N3O2/c1-8-4-2-6-17-10(8)18-11(20)9-5-3-7-19(9)12(21)13(14,15)16/h2,4,6,9H,3,5,7H2,1H3,(H,17,18,20). The molecule has 0 radical (unpaired) electrons. The number of amides is 2. The molecule has 1 aliphatic rings. The SMILES string of the molecule is Cc1cccnc1NC(=O)C1CCCN1C(=O)C(F)(F)F. The second-order valence-electron chi connectivity index (χ2n) is 4.81. The minimum absolute atomic E-state index is 0.0718. The van der Waals surface area contributed by atoms with E-state index in [1.54, 1.807) is 19.1 Å². The fourth-order valence-electron chi connectivity index (χ4n) is 2.26. The van der Waals surface area contributed by atoms with E-state index in [0.29, 0.717) is 16.9 Å². The summed E-state index contributed by atoms with van der Waals surface area (Å²) in [6.45, 7) is 1.65. The van der Waals surface area contributed by atoms with Gasteiger partial charge < -0.3 is 10.2 Å². The average molecular weight is 301 g/mol. The van der Waals surface area contributed by atoms with E-state index in [-0.39, 0.29) is 18.8 Å². The van der Waals surface area contributed by atoms with Crippen LogP contribution in [-0.2, 0) is 9.59 Å². The lowest BCUT2D eigenvalue weighted by Gasteiger charge is -2.24. The minimum atomic E-state index is -4.97. The highest BCUT2D eigenvalue weighted by atomic mass is 19.4. The van der Waals surface area contributed by atoms with Gasteiger partial charge in [0.2, 0.25) is 5.91 Å². The van der Waals surface area contributed by atoms with Crippen molar-refractivity contribution < 1.29 is 22.8 Å². The van der Waals surface area contributed by atoms with E-state index < -0.39 is 24.0 Å². The highest BCUT2D eigenvalue weighted by Gasteiger charge is 2.47. The summed E-state index contributed by atoms with van der Waals surface area (Å²) in [5.41, 5.74) is 0.692. The van der Waals surface area contributed by atoms with Gasteiger partial charge in [0, 0.05) is 12.7 Å². The van der Waals surface area contributed by atoms with Gasteiger partial charge in [-0.1, -0.05) is 6.07 Å². The first-order chi connectivity index (χ1) is 9.80. The maximum absolute atomic E-state index is 12.5. The Hall–Kier alpha value is -2.12. The van der Waals surface area contributed by atoms with Crippen LogP contribution in [-0.4, -0.2) is 40.5 Å². The molecule has 8 heteroatoms. The molecule has 2 amide bonds. The maximum atomic E-state index is 12.5. The zero-order valence-electron chi connectivity index (χ0n) is 11.3. The Bertz CT molecular complexity index is 560. The van der Waals surface area contributed by atoms with Crippen molar-refractivity contribution in [2.75, 3.05) is 11.9 Å². The van der Waals surface area contributed by atoms with E-state index in [4.69, 9.17) is 0 Å². The Morgan fingerprint density at radius 3 is 2.76 bits per heavy atom. The number of pyridine rings is 1. The van der Waals surface area contributed by atoms with Gasteiger partial charge >= 0.3 is 12.1 Å². The highest BCUT2D eigenvalue weighted by Crippen LogP contribution is 2.26. The number of likely N-dealkylation sites (tertiary alicyclic amines) is 1. The van der Waals surface area contributed by atoms with Gasteiger partial charge in [0.25, 0.3) is 0 Å². The van der Waals surface area contributed by atoms with E-state index in [1.807, 2.05) is 0 Å². The lowest BCUT2D eigenvalue weighted by molar-refractivity contribution is -0.186. The molecule has 1 atom stereocenters. The molecule has 0 saturated carbocycles. The lowest BCUT2D eigenvalue weighted by atomic mass is 10.2. The zero-order chi connectivity index (χ0) is 15.6. The Labute approximate surface area is 119 Å². The quantitative estimate of drug-likeness (QED) is 0.907. The number of anilines is 1. The third kappa shape index (κ3) is 3.32. The number of hydrogen-bond donors (Lipinski definition) is 1. The van der Waals surface area contributed by atoms with Crippen LogP contribution in [0.3, 0.4) is 0 Å². The van der Waals surface area contributed by atoms with Crippen molar-refractivity contribution >= 4 is 17.6 Å². The highest BCUT2D eigenvalue weighted by molar-refractivity contribution is 5.98. The number of carbonyl (C=O) groups is 2. The Balaban J connectivity index is 2.12. The van der Waals surface area contributed by atoms with Crippen molar-refractivity contribution in [3.63, 3.8) is 0 Å². The van der Waals surface area contributed by atoms with Crippen LogP contribution in [0.1, 0.15) is 18.4 Å². The van der Waals surface area contributed by atoms with E-state index in [0.717, 1.165) is 0 Å². The van der Waals surface area contributed by atoms with Gasteiger partial charge in [-0.25, -0.2) is 4.98 Å². The first-order valence-electron chi connectivity index (χ1n) is 6.41. The predicted molar refractivity (Wildman–Crippen MR) is 68.4 cm³/mol. The molecule has 1 aromatic rings. The second kappa shape index (κ2) is 5.71. The molecule has 0 bridgehead atoms. The molecule has 1 saturated heterocycles. The summed E-state index contributed by atoms with van der Waals surface area (Å²) in [5, 5.41) is 2.48. The molecule has 1 N–H and O–H groups in total. The number of alkyl halides is 3. The lowest BCUT2D eigenvalue weighted by Crippen LogP contribution is -2.48. The summed E-state index contributed by atoms with van der Waals surface area (Å²) >= 11 is 0. The number of rotatable bonds is 2. The molecular formula is C13H14F3N3O2. The molecule has 21 heavy (non-hydrogen) atoms. The molecule has 1 aromatic heterocycles. The van der Waals surface area contributed by atoms with E-state index in [9.17, 15) is 22.8 Å². The normalized spacial score (nSPS) is 18.7. The fraction of sp³-hybridized carbons (Fsp3) is 0.462. The largest absolute Gasteiger partial charge is 0.471 e. The third-order valence-electron chi connectivity index (χ3n) is 3.31. The Kier molecular flexibility index (Phi) is 4.15. The van der Waals surface area contributed by atoms with Crippen molar-refractivity contribution in [1.29, 1.82) is 0 Å². The number of nitrogens with zero attached hydrogens (tertiary/aromatic N) is 2. The Morgan fingerprint density at radius 2 is 2.14 bits per heavy atom. The van der Waals surface area contributed by atoms with E-state index in [2.05, 4.69) is 10.3 Å². The van der Waals surface area contributed by atoms with Gasteiger partial charge in [-0.15, -0.1) is 0 Å². The summed E-state index contributed by atoms with van der Waals surface area (Å²) in [7, 11) is 0. The van der Waals surface area contributed by atoms with Crippen molar-refractivity contribution in [3.05, 3.63) is 23.9 Å². The van der Waals surface area contributed by atoms with Crippen LogP contribution in [0.4, 0.5) is 19.0 Å². The van der Waals surface area contributed by atoms with Crippen molar-refractivity contribution in [1.82, 2.24) is 9.88 Å². The molecular weight excluding hydrogens is 287 g/mol. The first-order valence-corrected chi connectivity index (χ1v) is 6.41. The van der Waals surface area contributed by atoms with Gasteiger partial charge in [-0.2, -0.15) is 13.2 Å². The molecule has 0 aromatic carbocycles. The summed E-state index contributed by atoms with van der Waals surface area (Å²) in [6, 6.07) is 2.29. The predicted octanol–water partition coefficient (Wildman–Crippen LogP) is 1.88. The third-order valence-corrected chi connectivity index (χ3v) is 3.31. The Morgan fingerprint density at radius 1 is 1.43 bits per heavy atom. The second-order valence-corrected chi connectivity index (χ2v) is 4.81. The molecule has 0 aliphatic carbocycles. The topological polar surface area (TPSA) is 62.3 Å². The summed E-state index contributed by atoms with van der Waals surface area (Å²) in [5.74, 6) is -2.33. The van der Waals surface area contributed by atoms with Crippen molar-refractivity contribution in [2.45, 2.75) is 32.0 Å². The van der Waals surface area contributed by atoms with E-state index in [1.165, 1.54) is 6.20 Å².